The minimum absolute atomic E-state index is 0.0928. The molecule has 0 aromatic heterocycles. The minimum Gasteiger partial charge on any atom is -0.351 e. The maximum absolute atomic E-state index is 12.1. The van der Waals surface area contributed by atoms with Crippen LogP contribution in [0.1, 0.15) is 22.8 Å². The van der Waals surface area contributed by atoms with Crippen molar-refractivity contribution in [2.75, 3.05) is 13.6 Å². The summed E-state index contributed by atoms with van der Waals surface area (Å²) in [5.74, 6) is -1.38. The van der Waals surface area contributed by atoms with Crippen LogP contribution in [0.4, 0.5) is 18.0 Å². The summed E-state index contributed by atoms with van der Waals surface area (Å²) >= 11 is 0. The van der Waals surface area contributed by atoms with E-state index in [1.807, 2.05) is 5.32 Å². The number of hydrogen-bond acceptors (Lipinski definition) is 4. The summed E-state index contributed by atoms with van der Waals surface area (Å²) in [4.78, 5) is 35.6. The Morgan fingerprint density at radius 1 is 1.20 bits per heavy atom. The standard InChI is InChI=1S/C15H19F3N4O3/c1-9(12(23)21-14(19)25)22(2)7-10-3-5-11(6-4-10)13(24)20-8-15(16,17)18/h3-6,9H,7-8H2,1-2H3,(H,20,24)(H3,19,21,23,25)/t9-/m1/s1. The van der Waals surface area contributed by atoms with Crippen molar-refractivity contribution < 1.29 is 27.6 Å². The predicted molar refractivity (Wildman–Crippen MR) is 83.5 cm³/mol. The average molecular weight is 360 g/mol. The number of hydrogen-bond donors (Lipinski definition) is 3. The van der Waals surface area contributed by atoms with Crippen LogP contribution in [0.15, 0.2) is 24.3 Å². The van der Waals surface area contributed by atoms with Gasteiger partial charge in [-0.15, -0.1) is 0 Å². The number of benzene rings is 1. The minimum atomic E-state index is -4.47. The molecule has 138 valence electrons. The summed E-state index contributed by atoms with van der Waals surface area (Å²) in [6.07, 6.45) is -4.47. The van der Waals surface area contributed by atoms with Crippen molar-refractivity contribution in [1.29, 1.82) is 0 Å². The van der Waals surface area contributed by atoms with Gasteiger partial charge in [-0.25, -0.2) is 4.79 Å². The molecule has 1 rings (SSSR count). The highest BCUT2D eigenvalue weighted by molar-refractivity contribution is 5.96. The Kier molecular flexibility index (Phi) is 6.92. The van der Waals surface area contributed by atoms with Gasteiger partial charge in [-0.2, -0.15) is 13.2 Å². The van der Waals surface area contributed by atoms with E-state index in [1.54, 1.807) is 36.3 Å². The fraction of sp³-hybridized carbons (Fsp3) is 0.400. The van der Waals surface area contributed by atoms with Gasteiger partial charge in [0.1, 0.15) is 6.54 Å². The molecular weight excluding hydrogens is 341 g/mol. The average Bonchev–Trinajstić information content (AvgIpc) is 2.51. The number of carbonyl (C=O) groups is 3. The molecule has 0 unspecified atom stereocenters. The van der Waals surface area contributed by atoms with Gasteiger partial charge < -0.3 is 11.1 Å². The number of amides is 4. The molecule has 0 fully saturated rings. The van der Waals surface area contributed by atoms with Crippen LogP contribution in [0.2, 0.25) is 0 Å². The van der Waals surface area contributed by atoms with Crippen LogP contribution in [0, 0.1) is 0 Å². The van der Waals surface area contributed by atoms with E-state index in [9.17, 15) is 27.6 Å². The lowest BCUT2D eigenvalue weighted by molar-refractivity contribution is -0.124. The highest BCUT2D eigenvalue weighted by Crippen LogP contribution is 2.13. The van der Waals surface area contributed by atoms with Gasteiger partial charge in [-0.05, 0) is 31.7 Å². The summed E-state index contributed by atoms with van der Waals surface area (Å²) in [6, 6.07) is 4.34. The molecule has 0 saturated heterocycles. The van der Waals surface area contributed by atoms with Gasteiger partial charge in [0.15, 0.2) is 0 Å². The van der Waals surface area contributed by atoms with Crippen LogP contribution in [0.25, 0.3) is 0 Å². The zero-order valence-corrected chi connectivity index (χ0v) is 13.7. The van der Waals surface area contributed by atoms with E-state index in [4.69, 9.17) is 5.73 Å². The quantitative estimate of drug-likeness (QED) is 0.704. The van der Waals surface area contributed by atoms with Crippen molar-refractivity contribution in [2.45, 2.75) is 25.7 Å². The second-order valence-corrected chi connectivity index (χ2v) is 5.44. The number of primary amides is 1. The van der Waals surface area contributed by atoms with Gasteiger partial charge in [0, 0.05) is 12.1 Å². The number of likely N-dealkylation sites (N-methyl/N-ethyl adjacent to an activating group) is 1. The number of nitrogens with one attached hydrogen (secondary N) is 2. The Balaban J connectivity index is 2.63. The van der Waals surface area contributed by atoms with Gasteiger partial charge >= 0.3 is 12.2 Å². The Labute approximate surface area is 142 Å². The Morgan fingerprint density at radius 3 is 2.24 bits per heavy atom. The summed E-state index contributed by atoms with van der Waals surface area (Å²) < 4.78 is 36.2. The highest BCUT2D eigenvalue weighted by Gasteiger charge is 2.27. The van der Waals surface area contributed by atoms with Crippen molar-refractivity contribution in [3.05, 3.63) is 35.4 Å². The number of carbonyl (C=O) groups excluding carboxylic acids is 3. The van der Waals surface area contributed by atoms with Gasteiger partial charge in [0.25, 0.3) is 5.91 Å². The van der Waals surface area contributed by atoms with Gasteiger partial charge in [0.05, 0.1) is 6.04 Å². The van der Waals surface area contributed by atoms with Crippen molar-refractivity contribution in [1.82, 2.24) is 15.5 Å². The lowest BCUT2D eigenvalue weighted by Gasteiger charge is -2.23. The molecule has 25 heavy (non-hydrogen) atoms. The fourth-order valence-corrected chi connectivity index (χ4v) is 1.90. The van der Waals surface area contributed by atoms with E-state index in [-0.39, 0.29) is 5.56 Å². The van der Waals surface area contributed by atoms with E-state index >= 15 is 0 Å². The first-order valence-corrected chi connectivity index (χ1v) is 7.24. The molecule has 0 aliphatic rings. The third-order valence-electron chi connectivity index (χ3n) is 3.38. The third-order valence-corrected chi connectivity index (χ3v) is 3.38. The number of nitrogens with two attached hydrogens (primary N) is 1. The van der Waals surface area contributed by atoms with Crippen molar-refractivity contribution in [3.8, 4) is 0 Å². The normalized spacial score (nSPS) is 12.6. The van der Waals surface area contributed by atoms with E-state index < -0.39 is 36.6 Å². The monoisotopic (exact) mass is 360 g/mol. The van der Waals surface area contributed by atoms with Crippen molar-refractivity contribution >= 4 is 17.8 Å². The molecule has 4 amide bonds. The first-order valence-electron chi connectivity index (χ1n) is 7.24. The fourth-order valence-electron chi connectivity index (χ4n) is 1.90. The molecule has 0 aliphatic carbocycles. The molecule has 0 bridgehead atoms. The third kappa shape index (κ3) is 7.21. The molecule has 1 atom stereocenters. The number of halogens is 3. The summed E-state index contributed by atoms with van der Waals surface area (Å²) in [5, 5.41) is 3.75. The highest BCUT2D eigenvalue weighted by atomic mass is 19.4. The van der Waals surface area contributed by atoms with E-state index in [0.29, 0.717) is 6.54 Å². The Hall–Kier alpha value is -2.62. The van der Waals surface area contributed by atoms with Gasteiger partial charge in [0.2, 0.25) is 5.91 Å². The maximum Gasteiger partial charge on any atom is 0.405 e. The van der Waals surface area contributed by atoms with Gasteiger partial charge in [-0.3, -0.25) is 19.8 Å². The van der Waals surface area contributed by atoms with Crippen LogP contribution in [-0.2, 0) is 11.3 Å². The Morgan fingerprint density at radius 2 is 1.76 bits per heavy atom. The molecule has 0 aliphatic heterocycles. The number of urea groups is 1. The molecular formula is C15H19F3N4O3. The van der Waals surface area contributed by atoms with E-state index in [0.717, 1.165) is 5.56 Å². The van der Waals surface area contributed by atoms with Crippen LogP contribution in [0.3, 0.4) is 0 Å². The molecule has 7 nitrogen and oxygen atoms in total. The zero-order valence-electron chi connectivity index (χ0n) is 13.7. The second kappa shape index (κ2) is 8.47. The largest absolute Gasteiger partial charge is 0.405 e. The van der Waals surface area contributed by atoms with E-state index in [1.165, 1.54) is 12.1 Å². The first-order chi connectivity index (χ1) is 11.5. The topological polar surface area (TPSA) is 105 Å². The molecule has 0 radical (unpaired) electrons. The summed E-state index contributed by atoms with van der Waals surface area (Å²) in [5.41, 5.74) is 5.71. The van der Waals surface area contributed by atoms with Crippen LogP contribution in [-0.4, -0.2) is 48.6 Å². The molecule has 0 spiro atoms. The first kappa shape index (κ1) is 20.4. The smallest absolute Gasteiger partial charge is 0.351 e. The molecule has 4 N–H and O–H groups in total. The number of alkyl halides is 3. The molecule has 10 heteroatoms. The van der Waals surface area contributed by atoms with Crippen molar-refractivity contribution in [3.63, 3.8) is 0 Å². The van der Waals surface area contributed by atoms with Crippen LogP contribution in [0.5, 0.6) is 0 Å². The second-order valence-electron chi connectivity index (χ2n) is 5.44. The lowest BCUT2D eigenvalue weighted by atomic mass is 10.1. The van der Waals surface area contributed by atoms with Crippen LogP contribution < -0.4 is 16.4 Å². The Bertz CT molecular complexity index is 632. The maximum atomic E-state index is 12.1. The summed E-state index contributed by atoms with van der Waals surface area (Å²) in [7, 11) is 1.65. The molecule has 0 heterocycles. The number of nitrogens with zero attached hydrogens (tertiary/aromatic N) is 1. The molecule has 1 aromatic carbocycles. The summed E-state index contributed by atoms with van der Waals surface area (Å²) in [6.45, 7) is 0.498. The SMILES string of the molecule is C[C@H](C(=O)NC(N)=O)N(C)Cc1ccc(C(=O)NCC(F)(F)F)cc1. The predicted octanol–water partition coefficient (Wildman–Crippen LogP) is 0.994. The van der Waals surface area contributed by atoms with Crippen molar-refractivity contribution in [2.24, 2.45) is 5.73 Å². The molecule has 0 saturated carbocycles. The lowest BCUT2D eigenvalue weighted by Crippen LogP contribution is -2.46. The zero-order chi connectivity index (χ0) is 19.2. The van der Waals surface area contributed by atoms with E-state index in [2.05, 4.69) is 0 Å². The number of rotatable bonds is 6. The van der Waals surface area contributed by atoms with Gasteiger partial charge in [-0.1, -0.05) is 12.1 Å². The molecule has 1 aromatic rings. The number of imide groups is 1. The van der Waals surface area contributed by atoms with Crippen LogP contribution >= 0.6 is 0 Å².